The summed E-state index contributed by atoms with van der Waals surface area (Å²) in [6, 6.07) is 2.40. The van der Waals surface area contributed by atoms with Gasteiger partial charge in [-0.1, -0.05) is 12.8 Å². The van der Waals surface area contributed by atoms with Gasteiger partial charge >= 0.3 is 0 Å². The molecule has 2 bridgehead atoms. The largest absolute Gasteiger partial charge is 0.198 e. The first-order valence-corrected chi connectivity index (χ1v) is 4.28. The molecule has 54 valence electrons. The quantitative estimate of drug-likeness (QED) is 0.500. The average molecular weight is 135 g/mol. The van der Waals surface area contributed by atoms with Crippen LogP contribution in [-0.4, -0.2) is 0 Å². The molecule has 0 aromatic rings. The van der Waals surface area contributed by atoms with Gasteiger partial charge < -0.3 is 0 Å². The van der Waals surface area contributed by atoms with E-state index in [-0.39, 0.29) is 0 Å². The molecule has 0 spiro atoms. The summed E-state index contributed by atoms with van der Waals surface area (Å²) in [7, 11) is 0. The van der Waals surface area contributed by atoms with Crippen LogP contribution in [0.2, 0.25) is 0 Å². The second-order valence-electron chi connectivity index (χ2n) is 3.84. The number of fused-ring (bicyclic) bond motifs is 2. The summed E-state index contributed by atoms with van der Waals surface area (Å²) in [4.78, 5) is 0. The molecule has 0 aliphatic heterocycles. The van der Waals surface area contributed by atoms with Crippen LogP contribution in [0, 0.1) is 29.1 Å². The van der Waals surface area contributed by atoms with Crippen LogP contribution in [0.1, 0.15) is 32.1 Å². The van der Waals surface area contributed by atoms with E-state index in [9.17, 15) is 0 Å². The Morgan fingerprint density at radius 3 is 2.10 bits per heavy atom. The third-order valence-electron chi connectivity index (χ3n) is 3.07. The van der Waals surface area contributed by atoms with Crippen molar-refractivity contribution in [1.82, 2.24) is 0 Å². The number of nitrogens with zero attached hydrogens (tertiary/aromatic N) is 1. The molecule has 0 aromatic carbocycles. The van der Waals surface area contributed by atoms with E-state index in [1.54, 1.807) is 0 Å². The smallest absolute Gasteiger partial charge is 0.0655 e. The van der Waals surface area contributed by atoms with E-state index < -0.39 is 0 Å². The third kappa shape index (κ3) is 0.923. The molecular weight excluding hydrogens is 122 g/mol. The fourth-order valence-corrected chi connectivity index (χ4v) is 2.61. The molecule has 0 amide bonds. The van der Waals surface area contributed by atoms with Crippen molar-refractivity contribution in [3.05, 3.63) is 0 Å². The molecule has 2 atom stereocenters. The number of hydrogen-bond donors (Lipinski definition) is 0. The summed E-state index contributed by atoms with van der Waals surface area (Å²) in [5.41, 5.74) is 0. The Morgan fingerprint density at radius 1 is 1.00 bits per heavy atom. The molecule has 0 saturated heterocycles. The van der Waals surface area contributed by atoms with Crippen LogP contribution in [0.25, 0.3) is 0 Å². The average Bonchev–Trinajstić information content (AvgIpc) is 2.30. The van der Waals surface area contributed by atoms with E-state index in [2.05, 4.69) is 6.07 Å². The highest BCUT2D eigenvalue weighted by Crippen LogP contribution is 2.44. The first kappa shape index (κ1) is 6.22. The molecule has 0 heterocycles. The van der Waals surface area contributed by atoms with Crippen molar-refractivity contribution in [1.29, 1.82) is 5.26 Å². The molecule has 1 heteroatoms. The lowest BCUT2D eigenvalue weighted by atomic mass is 9.82. The van der Waals surface area contributed by atoms with Crippen LogP contribution in [0.3, 0.4) is 0 Å². The van der Waals surface area contributed by atoms with Crippen LogP contribution in [0.15, 0.2) is 0 Å². The SMILES string of the molecule is N#CC1C[C@H]2CC[C@H](C1)C2. The lowest BCUT2D eigenvalue weighted by molar-refractivity contribution is 0.306. The highest BCUT2D eigenvalue weighted by atomic mass is 14.4. The second-order valence-corrected chi connectivity index (χ2v) is 3.84. The van der Waals surface area contributed by atoms with Crippen molar-refractivity contribution in [2.45, 2.75) is 32.1 Å². The summed E-state index contributed by atoms with van der Waals surface area (Å²) in [6.45, 7) is 0. The van der Waals surface area contributed by atoms with Crippen molar-refractivity contribution in [3.63, 3.8) is 0 Å². The molecule has 0 aromatic heterocycles. The summed E-state index contributed by atoms with van der Waals surface area (Å²) < 4.78 is 0. The standard InChI is InChI=1S/C9H13N/c10-6-9-4-7-1-2-8(3-7)5-9/h7-9H,1-5H2/t7-,8-/m0/s1. The van der Waals surface area contributed by atoms with Gasteiger partial charge in [0.25, 0.3) is 0 Å². The lowest BCUT2D eigenvalue weighted by Gasteiger charge is -2.22. The van der Waals surface area contributed by atoms with Gasteiger partial charge in [0.2, 0.25) is 0 Å². The van der Waals surface area contributed by atoms with Gasteiger partial charge in [0.05, 0.1) is 6.07 Å². The zero-order chi connectivity index (χ0) is 6.97. The van der Waals surface area contributed by atoms with Crippen LogP contribution < -0.4 is 0 Å². The van der Waals surface area contributed by atoms with Gasteiger partial charge in [-0.25, -0.2) is 0 Å². The Balaban J connectivity index is 2.04. The zero-order valence-corrected chi connectivity index (χ0v) is 6.21. The number of rotatable bonds is 0. The Bertz CT molecular complexity index is 156. The van der Waals surface area contributed by atoms with Crippen molar-refractivity contribution in [2.75, 3.05) is 0 Å². The predicted octanol–water partition coefficient (Wildman–Crippen LogP) is 2.34. The molecule has 0 unspecified atom stereocenters. The summed E-state index contributed by atoms with van der Waals surface area (Å²) in [6.07, 6.45) is 6.64. The van der Waals surface area contributed by atoms with E-state index in [0.717, 1.165) is 11.8 Å². The van der Waals surface area contributed by atoms with Gasteiger partial charge in [0.15, 0.2) is 0 Å². The minimum atomic E-state index is 0.409. The number of nitriles is 1. The van der Waals surface area contributed by atoms with Gasteiger partial charge in [-0.3, -0.25) is 0 Å². The van der Waals surface area contributed by atoms with Crippen LogP contribution in [-0.2, 0) is 0 Å². The topological polar surface area (TPSA) is 23.8 Å². The Hall–Kier alpha value is -0.510. The second kappa shape index (κ2) is 2.27. The lowest BCUT2D eigenvalue weighted by Crippen LogP contribution is -2.13. The number of hydrogen-bond acceptors (Lipinski definition) is 1. The van der Waals surface area contributed by atoms with E-state index in [0.29, 0.717) is 5.92 Å². The first-order chi connectivity index (χ1) is 4.88. The molecule has 2 aliphatic carbocycles. The van der Waals surface area contributed by atoms with Crippen molar-refractivity contribution < 1.29 is 0 Å². The maximum absolute atomic E-state index is 8.70. The predicted molar refractivity (Wildman–Crippen MR) is 39.2 cm³/mol. The van der Waals surface area contributed by atoms with Gasteiger partial charge in [0.1, 0.15) is 0 Å². The van der Waals surface area contributed by atoms with E-state index in [1.807, 2.05) is 0 Å². The first-order valence-electron chi connectivity index (χ1n) is 4.28. The van der Waals surface area contributed by atoms with Crippen LogP contribution in [0.5, 0.6) is 0 Å². The third-order valence-corrected chi connectivity index (χ3v) is 3.07. The summed E-state index contributed by atoms with van der Waals surface area (Å²) in [5.74, 6) is 2.25. The minimum Gasteiger partial charge on any atom is -0.198 e. The Kier molecular flexibility index (Phi) is 1.41. The molecule has 2 rings (SSSR count). The van der Waals surface area contributed by atoms with E-state index in [1.165, 1.54) is 32.1 Å². The molecule has 1 nitrogen and oxygen atoms in total. The molecule has 0 N–H and O–H groups in total. The Morgan fingerprint density at radius 2 is 1.60 bits per heavy atom. The van der Waals surface area contributed by atoms with Crippen molar-refractivity contribution >= 4 is 0 Å². The van der Waals surface area contributed by atoms with Crippen LogP contribution in [0.4, 0.5) is 0 Å². The summed E-state index contributed by atoms with van der Waals surface area (Å²) >= 11 is 0. The van der Waals surface area contributed by atoms with Crippen LogP contribution >= 0.6 is 0 Å². The summed E-state index contributed by atoms with van der Waals surface area (Å²) in [5, 5.41) is 8.70. The molecule has 2 fully saturated rings. The normalized spacial score (nSPS) is 44.9. The van der Waals surface area contributed by atoms with Crippen molar-refractivity contribution in [3.8, 4) is 6.07 Å². The van der Waals surface area contributed by atoms with E-state index in [4.69, 9.17) is 5.26 Å². The zero-order valence-electron chi connectivity index (χ0n) is 6.21. The highest BCUT2D eigenvalue weighted by molar-refractivity contribution is 4.94. The monoisotopic (exact) mass is 135 g/mol. The van der Waals surface area contributed by atoms with Gasteiger partial charge in [-0.15, -0.1) is 0 Å². The maximum atomic E-state index is 8.70. The fraction of sp³-hybridized carbons (Fsp3) is 0.889. The Labute approximate surface area is 62.0 Å². The molecule has 0 radical (unpaired) electrons. The van der Waals surface area contributed by atoms with Crippen molar-refractivity contribution in [2.24, 2.45) is 17.8 Å². The van der Waals surface area contributed by atoms with Gasteiger partial charge in [-0.05, 0) is 31.1 Å². The van der Waals surface area contributed by atoms with E-state index >= 15 is 0 Å². The molecule has 10 heavy (non-hydrogen) atoms. The maximum Gasteiger partial charge on any atom is 0.0655 e. The minimum absolute atomic E-state index is 0.409. The fourth-order valence-electron chi connectivity index (χ4n) is 2.61. The molecule has 2 aliphatic rings. The van der Waals surface area contributed by atoms with Gasteiger partial charge in [-0.2, -0.15) is 5.26 Å². The van der Waals surface area contributed by atoms with Gasteiger partial charge in [0, 0.05) is 5.92 Å². The molecular formula is C9H13N. The highest BCUT2D eigenvalue weighted by Gasteiger charge is 2.33. The molecule has 2 saturated carbocycles.